The number of piperazine rings is 1. The van der Waals surface area contributed by atoms with Crippen molar-refractivity contribution in [2.75, 3.05) is 44.4 Å². The van der Waals surface area contributed by atoms with Crippen molar-refractivity contribution in [3.8, 4) is 23.0 Å². The largest absolute Gasteiger partial charge is 0.496 e. The van der Waals surface area contributed by atoms with E-state index in [0.29, 0.717) is 54.7 Å². The molecule has 4 aromatic heterocycles. The Morgan fingerprint density at radius 1 is 1.11 bits per heavy atom. The number of nitrogens with zero attached hydrogens (tertiary/aromatic N) is 6. The van der Waals surface area contributed by atoms with Crippen LogP contribution in [0.25, 0.3) is 28.1 Å². The van der Waals surface area contributed by atoms with E-state index in [2.05, 4.69) is 15.0 Å². The summed E-state index contributed by atoms with van der Waals surface area (Å²) in [6, 6.07) is 9.39. The number of hydrogen-bond donors (Lipinski definition) is 0. The third-order valence-electron chi connectivity index (χ3n) is 6.41. The van der Waals surface area contributed by atoms with Crippen molar-refractivity contribution >= 4 is 43.1 Å². The molecule has 198 valence electrons. The average Bonchev–Trinajstić information content (AvgIpc) is 3.64. The number of hydrogen-bond acceptors (Lipinski definition) is 10. The van der Waals surface area contributed by atoms with Gasteiger partial charge in [0.25, 0.3) is 0 Å². The molecule has 1 aromatic carbocycles. The van der Waals surface area contributed by atoms with Gasteiger partial charge in [-0.05, 0) is 25.1 Å². The van der Waals surface area contributed by atoms with Gasteiger partial charge in [-0.25, -0.2) is 22.9 Å². The first kappa shape index (κ1) is 24.6. The lowest BCUT2D eigenvalue weighted by atomic mass is 10.2. The van der Waals surface area contributed by atoms with Gasteiger partial charge in [0, 0.05) is 43.7 Å². The molecule has 5 aromatic rings. The Balaban J connectivity index is 1.21. The van der Waals surface area contributed by atoms with Gasteiger partial charge in [0.2, 0.25) is 10.0 Å². The van der Waals surface area contributed by atoms with E-state index in [9.17, 15) is 8.42 Å². The van der Waals surface area contributed by atoms with Crippen LogP contribution in [0.3, 0.4) is 0 Å². The minimum Gasteiger partial charge on any atom is -0.496 e. The summed E-state index contributed by atoms with van der Waals surface area (Å²) in [6.45, 7) is 4.31. The predicted octanol–water partition coefficient (Wildman–Crippen LogP) is 3.58. The van der Waals surface area contributed by atoms with E-state index in [1.165, 1.54) is 21.9 Å². The molecule has 0 bridgehead atoms. The highest BCUT2D eigenvalue weighted by Gasteiger charge is 2.25. The fourth-order valence-electron chi connectivity index (χ4n) is 4.41. The van der Waals surface area contributed by atoms with Crippen LogP contribution < -0.4 is 14.4 Å². The van der Waals surface area contributed by atoms with Crippen LogP contribution in [-0.2, 0) is 16.6 Å². The Morgan fingerprint density at radius 3 is 2.68 bits per heavy atom. The van der Waals surface area contributed by atoms with Crippen molar-refractivity contribution in [1.82, 2.24) is 23.9 Å². The van der Waals surface area contributed by atoms with Gasteiger partial charge >= 0.3 is 0 Å². The highest BCUT2D eigenvalue weighted by Crippen LogP contribution is 2.37. The minimum atomic E-state index is -3.17. The van der Waals surface area contributed by atoms with E-state index in [0.717, 1.165) is 27.6 Å². The normalized spacial score (nSPS) is 15.0. The fourth-order valence-corrected chi connectivity index (χ4v) is 6.10. The number of fused-ring (bicyclic) bond motifs is 2. The summed E-state index contributed by atoms with van der Waals surface area (Å²) in [6.07, 6.45) is 3.08. The molecule has 1 aliphatic heterocycles. The van der Waals surface area contributed by atoms with Gasteiger partial charge in [0.1, 0.15) is 29.4 Å². The number of furan rings is 1. The average molecular weight is 555 g/mol. The lowest BCUT2D eigenvalue weighted by Gasteiger charge is -2.32. The standard InChI is InChI=1S/C25H26N6O5S2/c1-16-4-5-24-27-20(13-31(24)28-16)23-12-19-21(10-18(34-2)11-22(19)36-23)35-14-17-15-37-25(26-17)29-6-8-30(9-7-29)38(3,32)33/h4-5,10-13,15H,6-9,14H2,1-3H3. The number of ether oxygens (including phenoxy) is 2. The SMILES string of the molecule is COc1cc(OCc2csc(N3CCN(S(C)(=O)=O)CC3)n2)c2cc(-c3cn4nc(C)ccc4n3)oc2c1. The van der Waals surface area contributed by atoms with Crippen LogP contribution in [0, 0.1) is 6.92 Å². The second-order valence-corrected chi connectivity index (χ2v) is 11.9. The van der Waals surface area contributed by atoms with Crippen LogP contribution in [0.4, 0.5) is 5.13 Å². The molecular weight excluding hydrogens is 528 g/mol. The van der Waals surface area contributed by atoms with Gasteiger partial charge in [-0.15, -0.1) is 11.3 Å². The monoisotopic (exact) mass is 554 g/mol. The number of aromatic nitrogens is 4. The molecule has 38 heavy (non-hydrogen) atoms. The first-order valence-corrected chi connectivity index (χ1v) is 14.7. The number of benzene rings is 1. The van der Waals surface area contributed by atoms with Gasteiger partial charge in [-0.1, -0.05) is 0 Å². The zero-order chi connectivity index (χ0) is 26.4. The summed E-state index contributed by atoms with van der Waals surface area (Å²) in [5, 5.41) is 8.08. The second kappa shape index (κ2) is 9.57. The topological polar surface area (TPSA) is 115 Å². The lowest BCUT2D eigenvalue weighted by Crippen LogP contribution is -2.48. The first-order chi connectivity index (χ1) is 18.3. The van der Waals surface area contributed by atoms with Gasteiger partial charge in [-0.2, -0.15) is 9.40 Å². The van der Waals surface area contributed by atoms with E-state index < -0.39 is 10.0 Å². The molecule has 5 heterocycles. The molecule has 0 aliphatic carbocycles. The van der Waals surface area contributed by atoms with Crippen LogP contribution in [-0.4, -0.2) is 71.8 Å². The highest BCUT2D eigenvalue weighted by molar-refractivity contribution is 7.88. The molecule has 1 aliphatic rings. The van der Waals surface area contributed by atoms with E-state index >= 15 is 0 Å². The van der Waals surface area contributed by atoms with Crippen molar-refractivity contribution in [2.45, 2.75) is 13.5 Å². The highest BCUT2D eigenvalue weighted by atomic mass is 32.2. The summed E-state index contributed by atoms with van der Waals surface area (Å²) in [5.74, 6) is 1.83. The van der Waals surface area contributed by atoms with Crippen molar-refractivity contribution < 1.29 is 22.3 Å². The third kappa shape index (κ3) is 4.79. The molecule has 0 spiro atoms. The Hall–Kier alpha value is -3.68. The van der Waals surface area contributed by atoms with Gasteiger partial charge in [0.15, 0.2) is 16.5 Å². The summed E-state index contributed by atoms with van der Waals surface area (Å²) < 4.78 is 44.6. The van der Waals surface area contributed by atoms with Crippen molar-refractivity contribution in [3.63, 3.8) is 0 Å². The first-order valence-electron chi connectivity index (χ1n) is 12.0. The van der Waals surface area contributed by atoms with E-state index in [-0.39, 0.29) is 6.61 Å². The summed E-state index contributed by atoms with van der Waals surface area (Å²) >= 11 is 1.52. The molecule has 1 saturated heterocycles. The fraction of sp³-hybridized carbons (Fsp3) is 0.320. The molecule has 0 amide bonds. The Morgan fingerprint density at radius 2 is 1.92 bits per heavy atom. The van der Waals surface area contributed by atoms with Crippen LogP contribution in [0.1, 0.15) is 11.4 Å². The number of rotatable bonds is 7. The van der Waals surface area contributed by atoms with Gasteiger partial charge in [-0.3, -0.25) is 0 Å². The molecule has 1 fully saturated rings. The Kier molecular flexibility index (Phi) is 6.20. The maximum atomic E-state index is 11.8. The molecule has 0 atom stereocenters. The zero-order valence-corrected chi connectivity index (χ0v) is 22.8. The summed E-state index contributed by atoms with van der Waals surface area (Å²) in [4.78, 5) is 11.5. The molecule has 11 nitrogen and oxygen atoms in total. The van der Waals surface area contributed by atoms with Gasteiger partial charge in [0.05, 0.1) is 36.3 Å². The van der Waals surface area contributed by atoms with Crippen molar-refractivity contribution in [1.29, 1.82) is 0 Å². The van der Waals surface area contributed by atoms with Crippen LogP contribution >= 0.6 is 11.3 Å². The van der Waals surface area contributed by atoms with Crippen LogP contribution in [0.15, 0.2) is 46.3 Å². The third-order valence-corrected chi connectivity index (χ3v) is 8.66. The maximum absolute atomic E-state index is 11.8. The summed E-state index contributed by atoms with van der Waals surface area (Å²) in [7, 11) is -1.57. The summed E-state index contributed by atoms with van der Waals surface area (Å²) in [5.41, 5.74) is 3.71. The van der Waals surface area contributed by atoms with Crippen LogP contribution in [0.5, 0.6) is 11.5 Å². The number of thiazole rings is 1. The molecule has 0 unspecified atom stereocenters. The van der Waals surface area contributed by atoms with E-state index in [1.807, 2.05) is 48.8 Å². The molecule has 0 saturated carbocycles. The smallest absolute Gasteiger partial charge is 0.211 e. The second-order valence-electron chi connectivity index (χ2n) is 9.11. The van der Waals surface area contributed by atoms with E-state index in [1.54, 1.807) is 11.6 Å². The number of anilines is 1. The molecule has 13 heteroatoms. The quantitative estimate of drug-likeness (QED) is 0.298. The predicted molar refractivity (Wildman–Crippen MR) is 145 cm³/mol. The van der Waals surface area contributed by atoms with Crippen molar-refractivity contribution in [3.05, 3.63) is 53.3 Å². The zero-order valence-electron chi connectivity index (χ0n) is 21.1. The minimum absolute atomic E-state index is 0.264. The Bertz CT molecular complexity index is 1730. The lowest BCUT2D eigenvalue weighted by molar-refractivity contribution is 0.303. The molecule has 0 radical (unpaired) electrons. The molecule has 6 rings (SSSR count). The number of imidazole rings is 1. The number of sulfonamides is 1. The Labute approximate surface area is 223 Å². The van der Waals surface area contributed by atoms with Gasteiger partial charge < -0.3 is 18.8 Å². The van der Waals surface area contributed by atoms with Crippen LogP contribution in [0.2, 0.25) is 0 Å². The number of methoxy groups -OCH3 is 1. The van der Waals surface area contributed by atoms with Crippen molar-refractivity contribution in [2.24, 2.45) is 0 Å². The molecular formula is C25H26N6O5S2. The number of aryl methyl sites for hydroxylation is 1. The molecule has 0 N–H and O–H groups in total. The maximum Gasteiger partial charge on any atom is 0.211 e. The van der Waals surface area contributed by atoms with E-state index in [4.69, 9.17) is 18.9 Å².